The number of hydrogen-bond donors (Lipinski definition) is 1. The molecule has 0 aliphatic rings. The van der Waals surface area contributed by atoms with Gasteiger partial charge in [0, 0.05) is 17.7 Å². The molecule has 0 fully saturated rings. The van der Waals surface area contributed by atoms with Crippen molar-refractivity contribution in [2.24, 2.45) is 0 Å². The van der Waals surface area contributed by atoms with Crippen LogP contribution in [0.3, 0.4) is 0 Å². The molecule has 6 nitrogen and oxygen atoms in total. The van der Waals surface area contributed by atoms with Gasteiger partial charge in [-0.1, -0.05) is 49.4 Å². The van der Waals surface area contributed by atoms with Crippen LogP contribution in [0.1, 0.15) is 45.2 Å². The molecule has 0 saturated carbocycles. The summed E-state index contributed by atoms with van der Waals surface area (Å²) >= 11 is 0. The normalized spacial score (nSPS) is 10.9. The van der Waals surface area contributed by atoms with Gasteiger partial charge in [-0.3, -0.25) is 19.5 Å². The van der Waals surface area contributed by atoms with Crippen LogP contribution in [-0.2, 0) is 0 Å². The summed E-state index contributed by atoms with van der Waals surface area (Å²) < 4.78 is 14.7. The third-order valence-corrected chi connectivity index (χ3v) is 6.26. The maximum absolute atomic E-state index is 13.7. The van der Waals surface area contributed by atoms with E-state index in [0.717, 1.165) is 11.1 Å². The van der Waals surface area contributed by atoms with Gasteiger partial charge in [-0.25, -0.2) is 9.07 Å². The maximum Gasteiger partial charge on any atom is 0.282 e. The van der Waals surface area contributed by atoms with Gasteiger partial charge >= 0.3 is 0 Å². The molecule has 3 aromatic carbocycles. The number of H-pyrrole nitrogens is 1. The zero-order valence-electron chi connectivity index (χ0n) is 20.5. The number of ketones is 1. The molecule has 0 spiro atoms. The van der Waals surface area contributed by atoms with E-state index in [-0.39, 0.29) is 17.7 Å². The van der Waals surface area contributed by atoms with Gasteiger partial charge in [-0.15, -0.1) is 0 Å². The van der Waals surface area contributed by atoms with Crippen LogP contribution in [0.15, 0.2) is 77.6 Å². The summed E-state index contributed by atoms with van der Waals surface area (Å²) in [6.45, 7) is 5.82. The van der Waals surface area contributed by atoms with Crippen molar-refractivity contribution in [3.05, 3.63) is 111 Å². The van der Waals surface area contributed by atoms with Gasteiger partial charge in [0.1, 0.15) is 11.4 Å². The number of halogens is 1. The van der Waals surface area contributed by atoms with Crippen LogP contribution in [0, 0.1) is 19.7 Å². The van der Waals surface area contributed by atoms with Crippen LogP contribution < -0.4 is 5.56 Å². The van der Waals surface area contributed by atoms with E-state index in [1.54, 1.807) is 0 Å². The van der Waals surface area contributed by atoms with Crippen molar-refractivity contribution >= 4 is 11.7 Å². The molecule has 184 valence electrons. The summed E-state index contributed by atoms with van der Waals surface area (Å²) in [4.78, 5) is 41.8. The molecule has 4 aromatic rings. The van der Waals surface area contributed by atoms with Gasteiger partial charge in [0.25, 0.3) is 11.5 Å². The second kappa shape index (κ2) is 10.6. The van der Waals surface area contributed by atoms with E-state index >= 15 is 0 Å². The Labute approximate surface area is 209 Å². The van der Waals surface area contributed by atoms with E-state index in [2.05, 4.69) is 5.10 Å². The van der Waals surface area contributed by atoms with Crippen molar-refractivity contribution in [1.29, 1.82) is 0 Å². The number of amides is 1. The summed E-state index contributed by atoms with van der Waals surface area (Å²) in [5.74, 6) is -1.31. The van der Waals surface area contributed by atoms with Crippen molar-refractivity contribution in [2.45, 2.75) is 27.2 Å². The van der Waals surface area contributed by atoms with E-state index in [0.29, 0.717) is 29.9 Å². The van der Waals surface area contributed by atoms with Crippen LogP contribution in [0.4, 0.5) is 4.39 Å². The number of rotatable bonds is 8. The molecule has 0 radical (unpaired) electrons. The summed E-state index contributed by atoms with van der Waals surface area (Å²) in [6, 6.07) is 20.0. The third-order valence-electron chi connectivity index (χ3n) is 6.26. The second-order valence-corrected chi connectivity index (χ2v) is 8.74. The maximum atomic E-state index is 13.7. The van der Waals surface area contributed by atoms with E-state index in [1.165, 1.54) is 33.8 Å². The monoisotopic (exact) mass is 485 g/mol. The van der Waals surface area contributed by atoms with Crippen LogP contribution >= 0.6 is 0 Å². The quantitative estimate of drug-likeness (QED) is 0.343. The predicted octanol–water partition coefficient (Wildman–Crippen LogP) is 5.32. The van der Waals surface area contributed by atoms with Crippen molar-refractivity contribution < 1.29 is 14.0 Å². The highest BCUT2D eigenvalue weighted by molar-refractivity contribution is 6.05. The fourth-order valence-electron chi connectivity index (χ4n) is 4.21. The number of carbonyl (C=O) groups excluding carboxylic acids is 2. The number of carbonyl (C=O) groups is 2. The molecular weight excluding hydrogens is 457 g/mol. The average Bonchev–Trinajstić information content (AvgIpc) is 3.23. The summed E-state index contributed by atoms with van der Waals surface area (Å²) in [5.41, 5.74) is 3.48. The molecule has 0 unspecified atom stereocenters. The minimum Gasteiger partial charge on any atom is -0.331 e. The first-order valence-corrected chi connectivity index (χ1v) is 11.9. The van der Waals surface area contributed by atoms with Crippen LogP contribution in [0.25, 0.3) is 16.9 Å². The molecule has 0 atom stereocenters. The van der Waals surface area contributed by atoms with Crippen molar-refractivity contribution in [3.63, 3.8) is 0 Å². The molecule has 36 heavy (non-hydrogen) atoms. The fraction of sp³-hybridized carbons (Fsp3) is 0.207. The zero-order valence-corrected chi connectivity index (χ0v) is 20.5. The number of aryl methyl sites for hydroxylation is 1. The third kappa shape index (κ3) is 4.91. The lowest BCUT2D eigenvalue weighted by Crippen LogP contribution is -2.37. The van der Waals surface area contributed by atoms with Gasteiger partial charge in [0.15, 0.2) is 5.78 Å². The van der Waals surface area contributed by atoms with Gasteiger partial charge in [-0.2, -0.15) is 0 Å². The lowest BCUT2D eigenvalue weighted by atomic mass is 10.0. The highest BCUT2D eigenvalue weighted by atomic mass is 19.1. The van der Waals surface area contributed by atoms with Gasteiger partial charge < -0.3 is 4.90 Å². The molecule has 0 bridgehead atoms. The van der Waals surface area contributed by atoms with Crippen LogP contribution in [0.2, 0.25) is 0 Å². The smallest absolute Gasteiger partial charge is 0.282 e. The van der Waals surface area contributed by atoms with E-state index in [4.69, 9.17) is 0 Å². The second-order valence-electron chi connectivity index (χ2n) is 8.74. The van der Waals surface area contributed by atoms with Crippen molar-refractivity contribution in [2.75, 3.05) is 13.1 Å². The Balaban J connectivity index is 1.78. The topological polar surface area (TPSA) is 75.2 Å². The largest absolute Gasteiger partial charge is 0.331 e. The molecule has 7 heteroatoms. The Morgan fingerprint density at radius 1 is 0.944 bits per heavy atom. The molecule has 1 aromatic heterocycles. The Hall–Kier alpha value is -4.26. The minimum absolute atomic E-state index is 0.00452. The first-order chi connectivity index (χ1) is 17.3. The number of Topliss-reactive ketones (excluding diaryl/α,β-unsaturated/α-hetero) is 1. The van der Waals surface area contributed by atoms with Crippen molar-refractivity contribution in [3.8, 4) is 16.9 Å². The standard InChI is InChI=1S/C29H28FN3O3/c1-4-17-32(28(35)22-13-15-23(30)16-14-22)18-25(34)26-27(21-10-6-5-7-11-21)31-33(29(26)36)24-12-8-9-19(2)20(24)3/h5-16,31H,4,17-18H2,1-3H3. The zero-order chi connectivity index (χ0) is 25.8. The molecule has 1 N–H and O–H groups in total. The van der Waals surface area contributed by atoms with E-state index in [1.807, 2.05) is 69.3 Å². The lowest BCUT2D eigenvalue weighted by Gasteiger charge is -2.21. The lowest BCUT2D eigenvalue weighted by molar-refractivity contribution is 0.0709. The number of nitrogens with one attached hydrogen (secondary N) is 1. The number of aromatic nitrogens is 2. The number of hydrogen-bond acceptors (Lipinski definition) is 3. The van der Waals surface area contributed by atoms with E-state index in [9.17, 15) is 18.8 Å². The van der Waals surface area contributed by atoms with Gasteiger partial charge in [0.2, 0.25) is 0 Å². The van der Waals surface area contributed by atoms with Crippen molar-refractivity contribution in [1.82, 2.24) is 14.7 Å². The SMILES string of the molecule is CCCN(CC(=O)c1c(-c2ccccc2)[nH]n(-c2cccc(C)c2C)c1=O)C(=O)c1ccc(F)cc1. The highest BCUT2D eigenvalue weighted by Crippen LogP contribution is 2.23. The number of nitrogens with zero attached hydrogens (tertiary/aromatic N) is 2. The Morgan fingerprint density at radius 2 is 1.64 bits per heavy atom. The molecular formula is C29H28FN3O3. The predicted molar refractivity (Wildman–Crippen MR) is 138 cm³/mol. The summed E-state index contributed by atoms with van der Waals surface area (Å²) in [7, 11) is 0. The molecule has 1 amide bonds. The minimum atomic E-state index is -0.474. The Morgan fingerprint density at radius 3 is 2.31 bits per heavy atom. The molecule has 4 rings (SSSR count). The van der Waals surface area contributed by atoms with Gasteiger partial charge in [-0.05, 0) is 61.7 Å². The summed E-state index contributed by atoms with van der Waals surface area (Å²) in [5, 5.41) is 3.14. The number of benzene rings is 3. The van der Waals surface area contributed by atoms with Crippen LogP contribution in [-0.4, -0.2) is 39.5 Å². The molecule has 0 aliphatic carbocycles. The number of aromatic amines is 1. The average molecular weight is 486 g/mol. The Kier molecular flexibility index (Phi) is 7.29. The first-order valence-electron chi connectivity index (χ1n) is 11.9. The Bertz CT molecular complexity index is 1450. The highest BCUT2D eigenvalue weighted by Gasteiger charge is 2.27. The first kappa shape index (κ1) is 24.9. The summed E-state index contributed by atoms with van der Waals surface area (Å²) in [6.07, 6.45) is 0.617. The molecule has 0 aliphatic heterocycles. The molecule has 1 heterocycles. The molecule has 0 saturated heterocycles. The van der Waals surface area contributed by atoms with E-state index < -0.39 is 23.1 Å². The van der Waals surface area contributed by atoms with Crippen LogP contribution in [0.5, 0.6) is 0 Å². The van der Waals surface area contributed by atoms with Gasteiger partial charge in [0.05, 0.1) is 17.9 Å². The fourth-order valence-corrected chi connectivity index (χ4v) is 4.21.